The highest BCUT2D eigenvalue weighted by molar-refractivity contribution is 5.79. The van der Waals surface area contributed by atoms with Crippen LogP contribution in [0.3, 0.4) is 0 Å². The van der Waals surface area contributed by atoms with Gasteiger partial charge in [-0.05, 0) is 25.7 Å². The SMILES string of the molecule is C=CCN(CC1CCCCC1)C(=O)C(C)C(C)N. The molecule has 1 fully saturated rings. The zero-order valence-electron chi connectivity index (χ0n) is 11.9. The number of rotatable bonds is 6. The minimum absolute atomic E-state index is 0.0869. The van der Waals surface area contributed by atoms with E-state index in [9.17, 15) is 4.79 Å². The third kappa shape index (κ3) is 4.45. The van der Waals surface area contributed by atoms with Crippen molar-refractivity contribution in [2.24, 2.45) is 17.6 Å². The predicted octanol–water partition coefficient (Wildman–Crippen LogP) is 2.56. The summed E-state index contributed by atoms with van der Waals surface area (Å²) in [5.41, 5.74) is 5.83. The van der Waals surface area contributed by atoms with Crippen molar-refractivity contribution in [3.8, 4) is 0 Å². The van der Waals surface area contributed by atoms with E-state index in [0.29, 0.717) is 12.5 Å². The number of carbonyl (C=O) groups excluding carboxylic acids is 1. The van der Waals surface area contributed by atoms with Gasteiger partial charge in [-0.3, -0.25) is 4.79 Å². The maximum atomic E-state index is 12.3. The van der Waals surface area contributed by atoms with E-state index < -0.39 is 0 Å². The lowest BCUT2D eigenvalue weighted by Crippen LogP contribution is -2.44. The maximum Gasteiger partial charge on any atom is 0.227 e. The average Bonchev–Trinajstić information content (AvgIpc) is 2.37. The molecule has 2 atom stereocenters. The highest BCUT2D eigenvalue weighted by Crippen LogP contribution is 2.25. The summed E-state index contributed by atoms with van der Waals surface area (Å²) in [5, 5.41) is 0. The van der Waals surface area contributed by atoms with Gasteiger partial charge in [-0.1, -0.05) is 32.3 Å². The molecule has 0 aromatic heterocycles. The van der Waals surface area contributed by atoms with Crippen molar-refractivity contribution >= 4 is 5.91 Å². The Morgan fingerprint density at radius 1 is 1.39 bits per heavy atom. The van der Waals surface area contributed by atoms with E-state index in [1.807, 2.05) is 24.8 Å². The van der Waals surface area contributed by atoms with Crippen molar-refractivity contribution in [3.05, 3.63) is 12.7 Å². The average molecular weight is 252 g/mol. The first-order valence-corrected chi connectivity index (χ1v) is 7.21. The number of nitrogens with zero attached hydrogens (tertiary/aromatic N) is 1. The van der Waals surface area contributed by atoms with Gasteiger partial charge in [-0.2, -0.15) is 0 Å². The molecule has 0 aliphatic heterocycles. The van der Waals surface area contributed by atoms with Crippen molar-refractivity contribution in [2.75, 3.05) is 13.1 Å². The molecule has 0 saturated heterocycles. The Balaban J connectivity index is 2.57. The molecule has 0 spiro atoms. The van der Waals surface area contributed by atoms with E-state index in [2.05, 4.69) is 6.58 Å². The van der Waals surface area contributed by atoms with Crippen LogP contribution in [-0.2, 0) is 4.79 Å². The standard InChI is InChI=1S/C15H28N2O/c1-4-10-17(15(18)12(2)13(3)16)11-14-8-6-5-7-9-14/h4,12-14H,1,5-11,16H2,2-3H3. The maximum absolute atomic E-state index is 12.3. The number of nitrogens with two attached hydrogens (primary N) is 1. The number of amides is 1. The van der Waals surface area contributed by atoms with Crippen LogP contribution in [0.2, 0.25) is 0 Å². The predicted molar refractivity (Wildman–Crippen MR) is 76.2 cm³/mol. The Morgan fingerprint density at radius 3 is 2.50 bits per heavy atom. The normalized spacial score (nSPS) is 20.2. The first kappa shape index (κ1) is 15.2. The van der Waals surface area contributed by atoms with Crippen molar-refractivity contribution in [2.45, 2.75) is 52.0 Å². The third-order valence-electron chi connectivity index (χ3n) is 4.04. The quantitative estimate of drug-likeness (QED) is 0.738. The molecule has 2 unspecified atom stereocenters. The van der Waals surface area contributed by atoms with Crippen LogP contribution < -0.4 is 5.73 Å². The second-order valence-electron chi connectivity index (χ2n) is 5.68. The van der Waals surface area contributed by atoms with Gasteiger partial charge in [-0.25, -0.2) is 0 Å². The minimum atomic E-state index is -0.103. The van der Waals surface area contributed by atoms with Gasteiger partial charge < -0.3 is 10.6 Å². The smallest absolute Gasteiger partial charge is 0.227 e. The van der Waals surface area contributed by atoms with Crippen LogP contribution in [0.4, 0.5) is 0 Å². The van der Waals surface area contributed by atoms with E-state index in [1.165, 1.54) is 32.1 Å². The van der Waals surface area contributed by atoms with Gasteiger partial charge in [0.1, 0.15) is 0 Å². The van der Waals surface area contributed by atoms with E-state index in [0.717, 1.165) is 6.54 Å². The summed E-state index contributed by atoms with van der Waals surface area (Å²) in [6.45, 7) is 9.10. The summed E-state index contributed by atoms with van der Waals surface area (Å²) in [7, 11) is 0. The monoisotopic (exact) mass is 252 g/mol. The number of hydrogen-bond donors (Lipinski definition) is 1. The summed E-state index contributed by atoms with van der Waals surface area (Å²) >= 11 is 0. The molecule has 1 rings (SSSR count). The van der Waals surface area contributed by atoms with Crippen LogP contribution >= 0.6 is 0 Å². The fourth-order valence-corrected chi connectivity index (χ4v) is 2.60. The summed E-state index contributed by atoms with van der Waals surface area (Å²) in [5.74, 6) is 0.743. The molecule has 1 aliphatic carbocycles. The molecule has 3 heteroatoms. The van der Waals surface area contributed by atoms with Crippen LogP contribution in [0.5, 0.6) is 0 Å². The van der Waals surface area contributed by atoms with Gasteiger partial charge >= 0.3 is 0 Å². The number of hydrogen-bond acceptors (Lipinski definition) is 2. The summed E-state index contributed by atoms with van der Waals surface area (Å²) in [4.78, 5) is 14.3. The Labute approximate surface area is 111 Å². The van der Waals surface area contributed by atoms with Crippen LogP contribution in [0.15, 0.2) is 12.7 Å². The molecule has 18 heavy (non-hydrogen) atoms. The van der Waals surface area contributed by atoms with Crippen LogP contribution in [-0.4, -0.2) is 29.9 Å². The van der Waals surface area contributed by atoms with Crippen molar-refractivity contribution in [1.29, 1.82) is 0 Å². The fraction of sp³-hybridized carbons (Fsp3) is 0.800. The molecule has 1 amide bonds. The topological polar surface area (TPSA) is 46.3 Å². The molecule has 1 aliphatic rings. The Morgan fingerprint density at radius 2 is 2.00 bits per heavy atom. The zero-order chi connectivity index (χ0) is 13.5. The molecule has 1 saturated carbocycles. The van der Waals surface area contributed by atoms with Crippen LogP contribution in [0.1, 0.15) is 46.0 Å². The third-order valence-corrected chi connectivity index (χ3v) is 4.04. The highest BCUT2D eigenvalue weighted by atomic mass is 16.2. The van der Waals surface area contributed by atoms with E-state index in [-0.39, 0.29) is 17.9 Å². The van der Waals surface area contributed by atoms with Gasteiger partial charge in [0.15, 0.2) is 0 Å². The van der Waals surface area contributed by atoms with Gasteiger partial charge in [-0.15, -0.1) is 6.58 Å². The van der Waals surface area contributed by atoms with Crippen LogP contribution in [0.25, 0.3) is 0 Å². The van der Waals surface area contributed by atoms with Crippen molar-refractivity contribution in [3.63, 3.8) is 0 Å². The molecule has 0 radical (unpaired) electrons. The van der Waals surface area contributed by atoms with E-state index in [1.54, 1.807) is 0 Å². The minimum Gasteiger partial charge on any atom is -0.338 e. The molecule has 3 nitrogen and oxygen atoms in total. The Kier molecular flexibility index (Phi) is 6.41. The highest BCUT2D eigenvalue weighted by Gasteiger charge is 2.25. The molecule has 104 valence electrons. The lowest BCUT2D eigenvalue weighted by molar-refractivity contribution is -0.135. The molecule has 0 aromatic carbocycles. The molecular weight excluding hydrogens is 224 g/mol. The summed E-state index contributed by atoms with van der Waals surface area (Å²) in [6, 6.07) is -0.0869. The van der Waals surface area contributed by atoms with E-state index >= 15 is 0 Å². The fourth-order valence-electron chi connectivity index (χ4n) is 2.60. The Bertz CT molecular complexity index is 270. The zero-order valence-corrected chi connectivity index (χ0v) is 11.9. The van der Waals surface area contributed by atoms with Gasteiger partial charge in [0, 0.05) is 19.1 Å². The first-order valence-electron chi connectivity index (χ1n) is 7.21. The second-order valence-corrected chi connectivity index (χ2v) is 5.68. The summed E-state index contributed by atoms with van der Waals surface area (Å²) < 4.78 is 0. The van der Waals surface area contributed by atoms with Crippen molar-refractivity contribution < 1.29 is 4.79 Å². The summed E-state index contributed by atoms with van der Waals surface area (Å²) in [6.07, 6.45) is 8.30. The van der Waals surface area contributed by atoms with Gasteiger partial charge in [0.2, 0.25) is 5.91 Å². The number of carbonyl (C=O) groups is 1. The second kappa shape index (κ2) is 7.57. The molecule has 2 N–H and O–H groups in total. The lowest BCUT2D eigenvalue weighted by atomic mass is 9.88. The largest absolute Gasteiger partial charge is 0.338 e. The van der Waals surface area contributed by atoms with E-state index in [4.69, 9.17) is 5.73 Å². The lowest BCUT2D eigenvalue weighted by Gasteiger charge is -2.31. The van der Waals surface area contributed by atoms with Crippen molar-refractivity contribution in [1.82, 2.24) is 4.90 Å². The molecule has 0 bridgehead atoms. The Hall–Kier alpha value is -0.830. The first-order chi connectivity index (χ1) is 8.56. The van der Waals surface area contributed by atoms with Crippen LogP contribution in [0, 0.1) is 11.8 Å². The van der Waals surface area contributed by atoms with Gasteiger partial charge in [0.05, 0.1) is 5.92 Å². The molecular formula is C15H28N2O. The van der Waals surface area contributed by atoms with Gasteiger partial charge in [0.25, 0.3) is 0 Å². The molecule has 0 aromatic rings. The molecule has 0 heterocycles.